The maximum Gasteiger partial charge on any atom is 0.309 e. The fraction of sp³-hybridized carbons (Fsp3) is 0.462. The number of carboxylic acid groups (broad SMARTS) is 1. The Hall–Kier alpha value is -1.15. The van der Waals surface area contributed by atoms with Crippen LogP contribution < -0.4 is 0 Å². The van der Waals surface area contributed by atoms with Crippen molar-refractivity contribution in [1.82, 2.24) is 4.31 Å². The van der Waals surface area contributed by atoms with Crippen LogP contribution >= 0.6 is 11.6 Å². The van der Waals surface area contributed by atoms with Gasteiger partial charge in [-0.3, -0.25) is 4.79 Å². The van der Waals surface area contributed by atoms with Crippen molar-refractivity contribution in [3.05, 3.63) is 28.8 Å². The van der Waals surface area contributed by atoms with E-state index in [2.05, 4.69) is 0 Å². The van der Waals surface area contributed by atoms with E-state index in [0.29, 0.717) is 10.6 Å². The predicted molar refractivity (Wildman–Crippen MR) is 76.7 cm³/mol. The molecule has 0 aromatic heterocycles. The number of benzene rings is 1. The lowest BCUT2D eigenvalue weighted by molar-refractivity contribution is -0.147. The van der Waals surface area contributed by atoms with Crippen LogP contribution in [-0.2, 0) is 14.8 Å². The zero-order valence-corrected chi connectivity index (χ0v) is 12.9. The minimum atomic E-state index is -3.80. The highest BCUT2D eigenvalue weighted by molar-refractivity contribution is 7.89. The van der Waals surface area contributed by atoms with Gasteiger partial charge in [-0.1, -0.05) is 17.7 Å². The fourth-order valence-electron chi connectivity index (χ4n) is 2.42. The average molecular weight is 334 g/mol. The molecule has 0 saturated carbocycles. The van der Waals surface area contributed by atoms with Crippen LogP contribution in [0, 0.1) is 12.8 Å². The Kier molecular flexibility index (Phi) is 4.57. The summed E-state index contributed by atoms with van der Waals surface area (Å²) in [6, 6.07) is 4.59. The minimum Gasteiger partial charge on any atom is -0.481 e. The standard InChI is InChI=1S/C13H16ClNO5S/c1-8-10(14)3-2-4-12(8)21(19,20)15-6-5-9(13(17)18)11(16)7-15/h2-4,9,11,16H,5-7H2,1H3,(H,17,18)/t9-,11+/m0/s1. The Morgan fingerprint density at radius 2 is 2.10 bits per heavy atom. The Morgan fingerprint density at radius 3 is 2.67 bits per heavy atom. The Balaban J connectivity index is 2.30. The lowest BCUT2D eigenvalue weighted by Gasteiger charge is -2.33. The lowest BCUT2D eigenvalue weighted by Crippen LogP contribution is -2.48. The summed E-state index contributed by atoms with van der Waals surface area (Å²) in [5.74, 6) is -2.05. The van der Waals surface area contributed by atoms with Crippen molar-refractivity contribution in [2.45, 2.75) is 24.3 Å². The number of rotatable bonds is 3. The molecular weight excluding hydrogens is 318 g/mol. The largest absolute Gasteiger partial charge is 0.481 e. The topological polar surface area (TPSA) is 94.9 Å². The van der Waals surface area contributed by atoms with E-state index in [1.807, 2.05) is 0 Å². The van der Waals surface area contributed by atoms with E-state index < -0.39 is 28.0 Å². The van der Waals surface area contributed by atoms with Crippen molar-refractivity contribution in [3.63, 3.8) is 0 Å². The molecule has 1 aromatic carbocycles. The number of piperidine rings is 1. The van der Waals surface area contributed by atoms with Crippen molar-refractivity contribution in [3.8, 4) is 0 Å². The van der Waals surface area contributed by atoms with Gasteiger partial charge in [-0.2, -0.15) is 4.31 Å². The first-order valence-electron chi connectivity index (χ1n) is 6.41. The van der Waals surface area contributed by atoms with Crippen LogP contribution in [0.2, 0.25) is 5.02 Å². The number of aliphatic carboxylic acids is 1. The van der Waals surface area contributed by atoms with Crippen molar-refractivity contribution < 1.29 is 23.4 Å². The van der Waals surface area contributed by atoms with Gasteiger partial charge >= 0.3 is 5.97 Å². The molecule has 0 aliphatic carbocycles. The van der Waals surface area contributed by atoms with Gasteiger partial charge < -0.3 is 10.2 Å². The van der Waals surface area contributed by atoms with Crippen molar-refractivity contribution in [2.24, 2.45) is 5.92 Å². The number of β-amino-alcohol motifs (C(OH)–C–C–N with tert-alkyl or cyclic N) is 1. The zero-order chi connectivity index (χ0) is 15.8. The summed E-state index contributed by atoms with van der Waals surface area (Å²) in [4.78, 5) is 11.0. The molecule has 0 spiro atoms. The molecule has 1 saturated heterocycles. The number of hydrogen-bond donors (Lipinski definition) is 2. The molecule has 6 nitrogen and oxygen atoms in total. The highest BCUT2D eigenvalue weighted by Gasteiger charge is 2.38. The Bertz CT molecular complexity index is 661. The zero-order valence-electron chi connectivity index (χ0n) is 11.4. The van der Waals surface area contributed by atoms with E-state index in [4.69, 9.17) is 16.7 Å². The number of carbonyl (C=O) groups is 1. The number of nitrogens with zero attached hydrogens (tertiary/aromatic N) is 1. The van der Waals surface area contributed by atoms with E-state index in [1.54, 1.807) is 19.1 Å². The minimum absolute atomic E-state index is 0.0579. The third-order valence-corrected chi connectivity index (χ3v) is 6.12. The van der Waals surface area contributed by atoms with E-state index in [0.717, 1.165) is 4.31 Å². The first-order chi connectivity index (χ1) is 9.75. The molecule has 1 aliphatic heterocycles. The van der Waals surface area contributed by atoms with Gasteiger partial charge in [0.1, 0.15) is 0 Å². The summed E-state index contributed by atoms with van der Waals surface area (Å²) >= 11 is 5.94. The molecule has 2 N–H and O–H groups in total. The fourth-order valence-corrected chi connectivity index (χ4v) is 4.37. The third-order valence-electron chi connectivity index (χ3n) is 3.70. The normalized spacial score (nSPS) is 24.0. The number of aliphatic hydroxyl groups excluding tert-OH is 1. The number of aliphatic hydroxyl groups is 1. The summed E-state index contributed by atoms with van der Waals surface area (Å²) in [5.41, 5.74) is 0.439. The average Bonchev–Trinajstić information content (AvgIpc) is 2.41. The highest BCUT2D eigenvalue weighted by Crippen LogP contribution is 2.28. The number of halogens is 1. The highest BCUT2D eigenvalue weighted by atomic mass is 35.5. The van der Waals surface area contributed by atoms with Crippen molar-refractivity contribution in [2.75, 3.05) is 13.1 Å². The summed E-state index contributed by atoms with van der Waals surface area (Å²) in [6.07, 6.45) is -1.14. The van der Waals surface area contributed by atoms with Gasteiger partial charge in [-0.15, -0.1) is 0 Å². The molecule has 2 rings (SSSR count). The summed E-state index contributed by atoms with van der Waals surface area (Å²) in [5, 5.41) is 19.1. The lowest BCUT2D eigenvalue weighted by atomic mass is 9.95. The smallest absolute Gasteiger partial charge is 0.309 e. The van der Waals surface area contributed by atoms with E-state index in [-0.39, 0.29) is 24.4 Å². The molecule has 1 aromatic rings. The van der Waals surface area contributed by atoms with Crippen LogP contribution in [0.15, 0.2) is 23.1 Å². The number of hydrogen-bond acceptors (Lipinski definition) is 4. The molecule has 2 atom stereocenters. The molecule has 8 heteroatoms. The van der Waals surface area contributed by atoms with Gasteiger partial charge in [-0.25, -0.2) is 8.42 Å². The molecule has 21 heavy (non-hydrogen) atoms. The SMILES string of the molecule is Cc1c(Cl)cccc1S(=O)(=O)N1CC[C@H](C(=O)O)[C@H](O)C1. The summed E-state index contributed by atoms with van der Waals surface area (Å²) in [7, 11) is -3.80. The van der Waals surface area contributed by atoms with Gasteiger partial charge in [0.15, 0.2) is 0 Å². The molecule has 0 amide bonds. The Labute approximate surface area is 128 Å². The van der Waals surface area contributed by atoms with Crippen LogP contribution in [0.1, 0.15) is 12.0 Å². The predicted octanol–water partition coefficient (Wildman–Crippen LogP) is 1.10. The van der Waals surface area contributed by atoms with Crippen molar-refractivity contribution in [1.29, 1.82) is 0 Å². The molecule has 1 heterocycles. The van der Waals surface area contributed by atoms with Gasteiger partial charge in [0, 0.05) is 18.1 Å². The van der Waals surface area contributed by atoms with Crippen molar-refractivity contribution >= 4 is 27.6 Å². The summed E-state index contributed by atoms with van der Waals surface area (Å²) < 4.78 is 26.3. The van der Waals surface area contributed by atoms with Crippen LogP contribution in [-0.4, -0.2) is 48.1 Å². The van der Waals surface area contributed by atoms with E-state index in [1.165, 1.54) is 6.07 Å². The van der Waals surface area contributed by atoms with Gasteiger partial charge in [0.05, 0.1) is 16.9 Å². The van der Waals surface area contributed by atoms with Gasteiger partial charge in [0.2, 0.25) is 10.0 Å². The van der Waals surface area contributed by atoms with Crippen LogP contribution in [0.25, 0.3) is 0 Å². The van der Waals surface area contributed by atoms with E-state index in [9.17, 15) is 18.3 Å². The van der Waals surface area contributed by atoms with Gasteiger partial charge in [-0.05, 0) is 31.0 Å². The van der Waals surface area contributed by atoms with Crippen LogP contribution in [0.3, 0.4) is 0 Å². The summed E-state index contributed by atoms with van der Waals surface area (Å²) in [6.45, 7) is 1.43. The first kappa shape index (κ1) is 16.2. The maximum absolute atomic E-state index is 12.6. The molecule has 0 radical (unpaired) electrons. The molecule has 1 fully saturated rings. The van der Waals surface area contributed by atoms with E-state index >= 15 is 0 Å². The van der Waals surface area contributed by atoms with Crippen LogP contribution in [0.4, 0.5) is 0 Å². The third kappa shape index (κ3) is 3.06. The molecule has 1 aliphatic rings. The first-order valence-corrected chi connectivity index (χ1v) is 8.23. The van der Waals surface area contributed by atoms with Crippen LogP contribution in [0.5, 0.6) is 0 Å². The Morgan fingerprint density at radius 1 is 1.43 bits per heavy atom. The van der Waals surface area contributed by atoms with Gasteiger partial charge in [0.25, 0.3) is 0 Å². The molecule has 0 unspecified atom stereocenters. The second-order valence-electron chi connectivity index (χ2n) is 5.03. The number of carboxylic acids is 1. The molecular formula is C13H16ClNO5S. The second kappa shape index (κ2) is 5.92. The molecule has 0 bridgehead atoms. The second-order valence-corrected chi connectivity index (χ2v) is 7.34. The quantitative estimate of drug-likeness (QED) is 0.863. The monoisotopic (exact) mass is 333 g/mol. The number of sulfonamides is 1. The maximum atomic E-state index is 12.6. The molecule has 116 valence electrons.